The number of hydrogen-bond donors (Lipinski definition) is 2. The number of rotatable bonds is 4. The zero-order valence-electron chi connectivity index (χ0n) is 10.3. The van der Waals surface area contributed by atoms with E-state index in [1.54, 1.807) is 11.3 Å². The molecule has 1 aliphatic heterocycles. The van der Waals surface area contributed by atoms with Gasteiger partial charge in [-0.2, -0.15) is 0 Å². The molecule has 1 atom stereocenters. The van der Waals surface area contributed by atoms with Gasteiger partial charge in [0.1, 0.15) is 0 Å². The smallest absolute Gasteiger partial charge is 0.261 e. The molecule has 0 aliphatic carbocycles. The maximum absolute atomic E-state index is 11.8. The summed E-state index contributed by atoms with van der Waals surface area (Å²) in [6, 6.07) is 3.89. The lowest BCUT2D eigenvalue weighted by Gasteiger charge is -2.22. The molecule has 4 heteroatoms. The molecule has 0 spiro atoms. The van der Waals surface area contributed by atoms with Crippen LogP contribution >= 0.6 is 11.3 Å². The Morgan fingerprint density at radius 3 is 3.12 bits per heavy atom. The minimum Gasteiger partial charge on any atom is -0.351 e. The van der Waals surface area contributed by atoms with Gasteiger partial charge in [-0.25, -0.2) is 0 Å². The predicted molar refractivity (Wildman–Crippen MR) is 71.6 cm³/mol. The molecule has 94 valence electrons. The molecule has 2 N–H and O–H groups in total. The van der Waals surface area contributed by atoms with Crippen LogP contribution in [0.15, 0.2) is 12.1 Å². The Hall–Kier alpha value is -0.870. The number of carbonyl (C=O) groups excluding carboxylic acids is 1. The van der Waals surface area contributed by atoms with Gasteiger partial charge in [0.2, 0.25) is 0 Å². The number of carbonyl (C=O) groups is 1. The van der Waals surface area contributed by atoms with E-state index >= 15 is 0 Å². The lowest BCUT2D eigenvalue weighted by Crippen LogP contribution is -2.33. The topological polar surface area (TPSA) is 41.1 Å². The monoisotopic (exact) mass is 252 g/mol. The second kappa shape index (κ2) is 6.17. The third-order valence-corrected chi connectivity index (χ3v) is 4.20. The highest BCUT2D eigenvalue weighted by Gasteiger charge is 2.13. The minimum absolute atomic E-state index is 0.0758. The van der Waals surface area contributed by atoms with Crippen LogP contribution in [0.4, 0.5) is 0 Å². The van der Waals surface area contributed by atoms with E-state index in [1.807, 2.05) is 19.1 Å². The summed E-state index contributed by atoms with van der Waals surface area (Å²) in [6.45, 7) is 5.07. The van der Waals surface area contributed by atoms with Crippen molar-refractivity contribution in [2.24, 2.45) is 5.92 Å². The Bertz CT molecular complexity index is 369. The van der Waals surface area contributed by atoms with Gasteiger partial charge in [0, 0.05) is 11.4 Å². The molecule has 1 aromatic heterocycles. The van der Waals surface area contributed by atoms with Gasteiger partial charge in [0.25, 0.3) is 5.91 Å². The SMILES string of the molecule is Cc1ccc(C(=O)NCCC2CCCNC2)s1. The van der Waals surface area contributed by atoms with Gasteiger partial charge < -0.3 is 10.6 Å². The van der Waals surface area contributed by atoms with Crippen LogP contribution in [-0.2, 0) is 0 Å². The van der Waals surface area contributed by atoms with E-state index in [1.165, 1.54) is 17.7 Å². The zero-order valence-corrected chi connectivity index (χ0v) is 11.1. The van der Waals surface area contributed by atoms with Crippen LogP contribution in [0.5, 0.6) is 0 Å². The molecule has 17 heavy (non-hydrogen) atoms. The number of aryl methyl sites for hydroxylation is 1. The number of thiophene rings is 1. The predicted octanol–water partition coefficient (Wildman–Crippen LogP) is 2.18. The van der Waals surface area contributed by atoms with E-state index in [4.69, 9.17) is 0 Å². The summed E-state index contributed by atoms with van der Waals surface area (Å²) >= 11 is 1.56. The Balaban J connectivity index is 1.69. The van der Waals surface area contributed by atoms with Gasteiger partial charge in [-0.05, 0) is 57.3 Å². The molecular weight excluding hydrogens is 232 g/mol. The highest BCUT2D eigenvalue weighted by Crippen LogP contribution is 2.15. The van der Waals surface area contributed by atoms with Crippen molar-refractivity contribution in [2.45, 2.75) is 26.2 Å². The first-order valence-electron chi connectivity index (χ1n) is 6.31. The van der Waals surface area contributed by atoms with E-state index in [2.05, 4.69) is 10.6 Å². The average molecular weight is 252 g/mol. The summed E-state index contributed by atoms with van der Waals surface area (Å²) in [5.74, 6) is 0.806. The number of amides is 1. The zero-order chi connectivity index (χ0) is 12.1. The first kappa shape index (κ1) is 12.6. The van der Waals surface area contributed by atoms with Gasteiger partial charge in [-0.15, -0.1) is 11.3 Å². The van der Waals surface area contributed by atoms with Crippen LogP contribution in [-0.4, -0.2) is 25.5 Å². The van der Waals surface area contributed by atoms with Gasteiger partial charge in [0.15, 0.2) is 0 Å². The van der Waals surface area contributed by atoms with Gasteiger partial charge in [-0.3, -0.25) is 4.79 Å². The fraction of sp³-hybridized carbons (Fsp3) is 0.615. The average Bonchev–Trinajstić information content (AvgIpc) is 2.77. The Morgan fingerprint density at radius 1 is 1.59 bits per heavy atom. The van der Waals surface area contributed by atoms with Crippen LogP contribution < -0.4 is 10.6 Å². The van der Waals surface area contributed by atoms with Gasteiger partial charge in [0.05, 0.1) is 4.88 Å². The van der Waals surface area contributed by atoms with E-state index in [-0.39, 0.29) is 5.91 Å². The summed E-state index contributed by atoms with van der Waals surface area (Å²) in [5.41, 5.74) is 0. The Labute approximate surface area is 107 Å². The summed E-state index contributed by atoms with van der Waals surface area (Å²) in [6.07, 6.45) is 3.65. The van der Waals surface area contributed by atoms with Crippen LogP contribution in [0, 0.1) is 12.8 Å². The second-order valence-corrected chi connectivity index (χ2v) is 5.96. The molecule has 0 bridgehead atoms. The van der Waals surface area contributed by atoms with Crippen molar-refractivity contribution < 1.29 is 4.79 Å². The molecule has 0 saturated carbocycles. The highest BCUT2D eigenvalue weighted by atomic mass is 32.1. The Kier molecular flexibility index (Phi) is 4.57. The first-order chi connectivity index (χ1) is 8.25. The quantitative estimate of drug-likeness (QED) is 0.862. The summed E-state index contributed by atoms with van der Waals surface area (Å²) in [7, 11) is 0. The fourth-order valence-electron chi connectivity index (χ4n) is 2.20. The van der Waals surface area contributed by atoms with Crippen LogP contribution in [0.1, 0.15) is 33.8 Å². The summed E-state index contributed by atoms with van der Waals surface area (Å²) in [5, 5.41) is 6.40. The molecule has 1 fully saturated rings. The number of hydrogen-bond acceptors (Lipinski definition) is 3. The molecule has 0 radical (unpaired) electrons. The molecule has 2 heterocycles. The number of piperidine rings is 1. The summed E-state index contributed by atoms with van der Waals surface area (Å²) in [4.78, 5) is 13.8. The molecule has 1 aliphatic rings. The maximum Gasteiger partial charge on any atom is 0.261 e. The van der Waals surface area contributed by atoms with Crippen molar-refractivity contribution in [3.05, 3.63) is 21.9 Å². The molecule has 1 saturated heterocycles. The van der Waals surface area contributed by atoms with Crippen molar-refractivity contribution >= 4 is 17.2 Å². The van der Waals surface area contributed by atoms with Crippen molar-refractivity contribution in [1.29, 1.82) is 0 Å². The standard InChI is InChI=1S/C13H20N2OS/c1-10-4-5-12(17-10)13(16)15-8-6-11-3-2-7-14-9-11/h4-5,11,14H,2-3,6-9H2,1H3,(H,15,16). The molecular formula is C13H20N2OS. The fourth-order valence-corrected chi connectivity index (χ4v) is 2.99. The van der Waals surface area contributed by atoms with Crippen LogP contribution in [0.3, 0.4) is 0 Å². The van der Waals surface area contributed by atoms with E-state index in [0.29, 0.717) is 0 Å². The molecule has 1 unspecified atom stereocenters. The van der Waals surface area contributed by atoms with Crippen LogP contribution in [0.25, 0.3) is 0 Å². The van der Waals surface area contributed by atoms with Crippen molar-refractivity contribution in [3.63, 3.8) is 0 Å². The molecule has 1 amide bonds. The molecule has 0 aromatic carbocycles. The van der Waals surface area contributed by atoms with Gasteiger partial charge in [-0.1, -0.05) is 0 Å². The second-order valence-electron chi connectivity index (χ2n) is 4.67. The normalized spacial score (nSPS) is 20.2. The van der Waals surface area contributed by atoms with E-state index in [0.717, 1.165) is 36.9 Å². The lowest BCUT2D eigenvalue weighted by atomic mass is 9.96. The van der Waals surface area contributed by atoms with Crippen molar-refractivity contribution in [1.82, 2.24) is 10.6 Å². The highest BCUT2D eigenvalue weighted by molar-refractivity contribution is 7.13. The first-order valence-corrected chi connectivity index (χ1v) is 7.12. The van der Waals surface area contributed by atoms with E-state index in [9.17, 15) is 4.79 Å². The third-order valence-electron chi connectivity index (χ3n) is 3.20. The maximum atomic E-state index is 11.8. The number of nitrogens with one attached hydrogen (secondary N) is 2. The van der Waals surface area contributed by atoms with Crippen molar-refractivity contribution in [3.8, 4) is 0 Å². The van der Waals surface area contributed by atoms with Crippen molar-refractivity contribution in [2.75, 3.05) is 19.6 Å². The molecule has 2 rings (SSSR count). The van der Waals surface area contributed by atoms with E-state index < -0.39 is 0 Å². The minimum atomic E-state index is 0.0758. The van der Waals surface area contributed by atoms with Gasteiger partial charge >= 0.3 is 0 Å². The Morgan fingerprint density at radius 2 is 2.47 bits per heavy atom. The van der Waals surface area contributed by atoms with Crippen LogP contribution in [0.2, 0.25) is 0 Å². The lowest BCUT2D eigenvalue weighted by molar-refractivity contribution is 0.0954. The molecule has 1 aromatic rings. The molecule has 3 nitrogen and oxygen atoms in total. The largest absolute Gasteiger partial charge is 0.351 e. The third kappa shape index (κ3) is 3.82. The summed E-state index contributed by atoms with van der Waals surface area (Å²) < 4.78 is 0.